The average molecular weight is 519 g/mol. The Hall–Kier alpha value is -3.01. The van der Waals surface area contributed by atoms with E-state index in [4.69, 9.17) is 4.74 Å². The molecule has 1 aromatic rings. The van der Waals surface area contributed by atoms with Crippen molar-refractivity contribution in [2.24, 2.45) is 11.3 Å². The molecular weight excluding hydrogens is 482 g/mol. The summed E-state index contributed by atoms with van der Waals surface area (Å²) < 4.78 is 32.8. The van der Waals surface area contributed by atoms with Crippen LogP contribution in [-0.4, -0.2) is 71.9 Å². The number of fused-ring (bicyclic) bond motifs is 1. The van der Waals surface area contributed by atoms with E-state index in [0.29, 0.717) is 18.5 Å². The molecule has 0 radical (unpaired) electrons. The number of carbonyl (C=O) groups is 3. The van der Waals surface area contributed by atoms with Gasteiger partial charge in [0.15, 0.2) is 11.6 Å². The number of ether oxygens (including phenoxy) is 1. The van der Waals surface area contributed by atoms with Crippen LogP contribution >= 0.6 is 0 Å². The van der Waals surface area contributed by atoms with Crippen molar-refractivity contribution in [1.82, 2.24) is 20.4 Å². The van der Waals surface area contributed by atoms with Gasteiger partial charge in [-0.25, -0.2) is 8.78 Å². The fourth-order valence-corrected chi connectivity index (χ4v) is 4.95. The van der Waals surface area contributed by atoms with Crippen LogP contribution in [0.4, 0.5) is 8.78 Å². The molecule has 0 bridgehead atoms. The third kappa shape index (κ3) is 5.63. The molecule has 2 N–H and O–H groups in total. The number of likely N-dealkylation sites (N-methyl/N-ethyl adjacent to an activating group) is 1. The first-order valence-electron chi connectivity index (χ1n) is 12.8. The zero-order valence-electron chi connectivity index (χ0n) is 22.0. The molecule has 1 saturated heterocycles. The van der Waals surface area contributed by atoms with Crippen LogP contribution in [0, 0.1) is 23.0 Å². The Morgan fingerprint density at radius 2 is 1.84 bits per heavy atom. The summed E-state index contributed by atoms with van der Waals surface area (Å²) in [4.78, 5) is 43.1. The number of hydrogen-bond donors (Lipinski definition) is 2. The van der Waals surface area contributed by atoms with Gasteiger partial charge in [-0.15, -0.1) is 0 Å². The molecule has 4 rings (SSSR count). The third-order valence-corrected chi connectivity index (χ3v) is 7.39. The summed E-state index contributed by atoms with van der Waals surface area (Å²) in [5.41, 5.74) is 0.143. The smallest absolute Gasteiger partial charge is 0.246 e. The number of benzene rings is 1. The lowest BCUT2D eigenvalue weighted by Crippen LogP contribution is -2.59. The maximum absolute atomic E-state index is 13.9. The van der Waals surface area contributed by atoms with E-state index in [2.05, 4.69) is 10.6 Å². The summed E-state index contributed by atoms with van der Waals surface area (Å²) in [6, 6.07) is 1.40. The number of hydrogen-bond acceptors (Lipinski definition) is 5. The predicted molar refractivity (Wildman–Crippen MR) is 133 cm³/mol. The fourth-order valence-electron chi connectivity index (χ4n) is 4.95. The van der Waals surface area contributed by atoms with Crippen molar-refractivity contribution in [3.63, 3.8) is 0 Å². The minimum Gasteiger partial charge on any atom is -0.489 e. The minimum atomic E-state index is -1.02. The van der Waals surface area contributed by atoms with Crippen LogP contribution in [0.3, 0.4) is 0 Å². The van der Waals surface area contributed by atoms with E-state index < -0.39 is 35.2 Å². The van der Waals surface area contributed by atoms with Gasteiger partial charge in [-0.2, -0.15) is 0 Å². The Morgan fingerprint density at radius 1 is 1.14 bits per heavy atom. The second-order valence-electron chi connectivity index (χ2n) is 11.2. The van der Waals surface area contributed by atoms with Gasteiger partial charge in [0.25, 0.3) is 0 Å². The standard InChI is InChI=1S/C27H36F2N4O4/c1-15(30-5)24(34)31-23(27(2,3)4)26(36)32-11-10-21-22(32)17(13-33(21)25(35)16-6-7-16)14-37-18-8-9-19(28)20(29)12-18/h8-9,12-13,15-16,21-23,30H,6-7,10-11,14H2,1-5H3,(H,31,34). The molecule has 4 unspecified atom stereocenters. The maximum Gasteiger partial charge on any atom is 0.246 e. The highest BCUT2D eigenvalue weighted by atomic mass is 19.2. The molecule has 3 amide bonds. The summed E-state index contributed by atoms with van der Waals surface area (Å²) in [5.74, 6) is -2.30. The second-order valence-corrected chi connectivity index (χ2v) is 11.2. The molecule has 10 heteroatoms. The zero-order valence-corrected chi connectivity index (χ0v) is 22.0. The van der Waals surface area contributed by atoms with Crippen LogP contribution in [0.5, 0.6) is 5.75 Å². The van der Waals surface area contributed by atoms with Gasteiger partial charge in [0.05, 0.1) is 18.1 Å². The van der Waals surface area contributed by atoms with Crippen molar-refractivity contribution in [1.29, 1.82) is 0 Å². The Labute approximate surface area is 216 Å². The lowest BCUT2D eigenvalue weighted by Gasteiger charge is -2.36. The summed E-state index contributed by atoms with van der Waals surface area (Å²) in [6.45, 7) is 7.85. The van der Waals surface area contributed by atoms with Crippen LogP contribution in [-0.2, 0) is 14.4 Å². The molecule has 3 aliphatic rings. The molecule has 37 heavy (non-hydrogen) atoms. The van der Waals surface area contributed by atoms with Crippen molar-refractivity contribution in [3.8, 4) is 5.75 Å². The van der Waals surface area contributed by atoms with E-state index in [1.54, 1.807) is 30.0 Å². The number of nitrogens with zero attached hydrogens (tertiary/aromatic N) is 2. The van der Waals surface area contributed by atoms with E-state index in [9.17, 15) is 23.2 Å². The number of carbonyl (C=O) groups excluding carboxylic acids is 3. The molecule has 1 saturated carbocycles. The molecular formula is C27H36F2N4O4. The SMILES string of the molecule is CNC(C)C(=O)NC(C(=O)N1CCC2C1C(COc1ccc(F)c(F)c1)=CN2C(=O)C1CC1)C(C)(C)C. The largest absolute Gasteiger partial charge is 0.489 e. The fraction of sp³-hybridized carbons (Fsp3) is 0.593. The molecule has 0 spiro atoms. The molecule has 4 atom stereocenters. The van der Waals surface area contributed by atoms with E-state index in [0.717, 1.165) is 25.0 Å². The monoisotopic (exact) mass is 518 g/mol. The maximum atomic E-state index is 13.9. The first-order chi connectivity index (χ1) is 17.4. The van der Waals surface area contributed by atoms with E-state index in [1.165, 1.54) is 6.07 Å². The predicted octanol–water partition coefficient (Wildman–Crippen LogP) is 2.59. The van der Waals surface area contributed by atoms with Crippen molar-refractivity contribution in [2.75, 3.05) is 20.2 Å². The lowest BCUT2D eigenvalue weighted by atomic mass is 9.85. The Balaban J connectivity index is 1.58. The second kappa shape index (κ2) is 10.4. The lowest BCUT2D eigenvalue weighted by molar-refractivity contribution is -0.140. The van der Waals surface area contributed by atoms with Crippen LogP contribution in [0.1, 0.15) is 47.0 Å². The quantitative estimate of drug-likeness (QED) is 0.552. The Morgan fingerprint density at radius 3 is 2.43 bits per heavy atom. The number of nitrogens with one attached hydrogen (secondary N) is 2. The van der Waals surface area contributed by atoms with Crippen molar-refractivity contribution in [3.05, 3.63) is 41.6 Å². The summed E-state index contributed by atoms with van der Waals surface area (Å²) in [7, 11) is 1.68. The van der Waals surface area contributed by atoms with Gasteiger partial charge >= 0.3 is 0 Å². The molecule has 8 nitrogen and oxygen atoms in total. The van der Waals surface area contributed by atoms with Crippen molar-refractivity contribution in [2.45, 2.75) is 71.1 Å². The van der Waals surface area contributed by atoms with Crippen LogP contribution in [0.25, 0.3) is 0 Å². The molecule has 1 aromatic carbocycles. The normalized spacial score (nSPS) is 22.8. The molecule has 2 aliphatic heterocycles. The van der Waals surface area contributed by atoms with Crippen LogP contribution in [0.2, 0.25) is 0 Å². The summed E-state index contributed by atoms with van der Waals surface area (Å²) in [5, 5.41) is 5.80. The van der Waals surface area contributed by atoms with Crippen LogP contribution < -0.4 is 15.4 Å². The number of amides is 3. The average Bonchev–Trinajstić information content (AvgIpc) is 3.51. The van der Waals surface area contributed by atoms with Gasteiger partial charge in [-0.05, 0) is 50.8 Å². The first-order valence-corrected chi connectivity index (χ1v) is 12.8. The molecule has 2 fully saturated rings. The summed E-state index contributed by atoms with van der Waals surface area (Å²) in [6.07, 6.45) is 4.05. The van der Waals surface area contributed by atoms with E-state index in [-0.39, 0.29) is 42.0 Å². The van der Waals surface area contributed by atoms with E-state index in [1.807, 2.05) is 20.8 Å². The van der Waals surface area contributed by atoms with Gasteiger partial charge in [-0.3, -0.25) is 14.4 Å². The highest BCUT2D eigenvalue weighted by molar-refractivity contribution is 5.91. The van der Waals surface area contributed by atoms with E-state index >= 15 is 0 Å². The van der Waals surface area contributed by atoms with Gasteiger partial charge in [-0.1, -0.05) is 20.8 Å². The number of likely N-dealkylation sites (tertiary alicyclic amines) is 1. The van der Waals surface area contributed by atoms with Crippen LogP contribution in [0.15, 0.2) is 30.0 Å². The molecule has 0 aromatic heterocycles. The third-order valence-electron chi connectivity index (χ3n) is 7.39. The number of halogens is 2. The highest BCUT2D eigenvalue weighted by Gasteiger charge is 2.51. The zero-order chi connectivity index (χ0) is 27.1. The molecule has 1 aliphatic carbocycles. The van der Waals surface area contributed by atoms with Gasteiger partial charge in [0.1, 0.15) is 18.4 Å². The number of rotatable bonds is 8. The van der Waals surface area contributed by atoms with Crippen molar-refractivity contribution >= 4 is 17.7 Å². The van der Waals surface area contributed by atoms with Gasteiger partial charge < -0.3 is 25.2 Å². The Bertz CT molecular complexity index is 1100. The molecule has 202 valence electrons. The topological polar surface area (TPSA) is 91.0 Å². The Kier molecular flexibility index (Phi) is 7.60. The van der Waals surface area contributed by atoms with Gasteiger partial charge in [0.2, 0.25) is 17.7 Å². The first kappa shape index (κ1) is 27.0. The molecule has 2 heterocycles. The van der Waals surface area contributed by atoms with Gasteiger partial charge in [0, 0.05) is 30.3 Å². The van der Waals surface area contributed by atoms with Crippen molar-refractivity contribution < 1.29 is 27.9 Å². The summed E-state index contributed by atoms with van der Waals surface area (Å²) >= 11 is 0. The highest BCUT2D eigenvalue weighted by Crippen LogP contribution is 2.40. The minimum absolute atomic E-state index is 0.00208.